The van der Waals surface area contributed by atoms with E-state index < -0.39 is 0 Å². The zero-order valence-electron chi connectivity index (χ0n) is 18.7. The van der Waals surface area contributed by atoms with Gasteiger partial charge in [-0.25, -0.2) is 0 Å². The maximum Gasteiger partial charge on any atom is 0.193 e. The van der Waals surface area contributed by atoms with Crippen LogP contribution in [0.4, 0.5) is 0 Å². The lowest BCUT2D eigenvalue weighted by Gasteiger charge is -2.60. The molecule has 0 aromatic heterocycles. The SMILES string of the molecule is CN=C(NC1C2CCCOC2C1(C)C)N(C)Cc1cc(OC)c(OC)cc1C.I. The molecule has 2 fully saturated rings. The van der Waals surface area contributed by atoms with Crippen LogP contribution in [0.15, 0.2) is 17.1 Å². The maximum absolute atomic E-state index is 6.04. The van der Waals surface area contributed by atoms with Crippen LogP contribution in [0.5, 0.6) is 11.5 Å². The fraction of sp³-hybridized carbons (Fsp3) is 0.682. The number of hydrogen-bond donors (Lipinski definition) is 1. The number of halogens is 1. The molecule has 0 amide bonds. The summed E-state index contributed by atoms with van der Waals surface area (Å²) in [5.74, 6) is 2.99. The molecule has 1 saturated carbocycles. The van der Waals surface area contributed by atoms with Gasteiger partial charge in [-0.2, -0.15) is 0 Å². The number of methoxy groups -OCH3 is 2. The number of nitrogens with zero attached hydrogens (tertiary/aromatic N) is 2. The van der Waals surface area contributed by atoms with Crippen molar-refractivity contribution in [2.75, 3.05) is 34.9 Å². The molecule has 2 aliphatic rings. The Morgan fingerprint density at radius 2 is 1.93 bits per heavy atom. The highest BCUT2D eigenvalue weighted by atomic mass is 127. The summed E-state index contributed by atoms with van der Waals surface area (Å²) in [6.45, 7) is 8.32. The molecule has 1 heterocycles. The normalized spacial score (nSPS) is 25.2. The van der Waals surface area contributed by atoms with Gasteiger partial charge in [0, 0.05) is 44.6 Å². The first-order chi connectivity index (χ1) is 13.3. The zero-order chi connectivity index (χ0) is 20.5. The topological polar surface area (TPSA) is 55.3 Å². The first kappa shape index (κ1) is 24.1. The Morgan fingerprint density at radius 1 is 1.28 bits per heavy atom. The van der Waals surface area contributed by atoms with Crippen LogP contribution in [0.1, 0.15) is 37.8 Å². The van der Waals surface area contributed by atoms with Crippen LogP contribution in [0, 0.1) is 18.3 Å². The summed E-state index contributed by atoms with van der Waals surface area (Å²) in [6.07, 6.45) is 2.73. The second kappa shape index (κ2) is 9.73. The third-order valence-electron chi connectivity index (χ3n) is 6.44. The van der Waals surface area contributed by atoms with Crippen molar-refractivity contribution in [1.29, 1.82) is 0 Å². The van der Waals surface area contributed by atoms with Crippen LogP contribution in [-0.4, -0.2) is 57.9 Å². The summed E-state index contributed by atoms with van der Waals surface area (Å²) < 4.78 is 16.9. The van der Waals surface area contributed by atoms with Gasteiger partial charge in [-0.3, -0.25) is 4.99 Å². The highest BCUT2D eigenvalue weighted by Gasteiger charge is 2.58. The number of aryl methyl sites for hydroxylation is 1. The predicted molar refractivity (Wildman–Crippen MR) is 128 cm³/mol. The predicted octanol–water partition coefficient (Wildman–Crippen LogP) is 3.84. The smallest absolute Gasteiger partial charge is 0.193 e. The van der Waals surface area contributed by atoms with Gasteiger partial charge in [-0.05, 0) is 43.0 Å². The molecular formula is C22H36IN3O3. The molecule has 0 spiro atoms. The summed E-state index contributed by atoms with van der Waals surface area (Å²) in [6, 6.07) is 4.46. The van der Waals surface area contributed by atoms with E-state index in [4.69, 9.17) is 14.2 Å². The number of guanidine groups is 1. The quantitative estimate of drug-likeness (QED) is 0.366. The fourth-order valence-corrected chi connectivity index (χ4v) is 4.82. The number of fused-ring (bicyclic) bond motifs is 1. The number of nitrogens with one attached hydrogen (secondary N) is 1. The lowest BCUT2D eigenvalue weighted by atomic mass is 9.55. The largest absolute Gasteiger partial charge is 0.493 e. The third kappa shape index (κ3) is 4.60. The molecule has 0 bridgehead atoms. The molecule has 3 atom stereocenters. The average molecular weight is 517 g/mol. The second-order valence-corrected chi connectivity index (χ2v) is 8.58. The Labute approximate surface area is 192 Å². The Hall–Kier alpha value is -1.22. The maximum atomic E-state index is 6.04. The van der Waals surface area contributed by atoms with Gasteiger partial charge < -0.3 is 24.4 Å². The Bertz CT molecular complexity index is 738. The molecule has 3 rings (SSSR count). The van der Waals surface area contributed by atoms with Crippen molar-refractivity contribution in [3.8, 4) is 11.5 Å². The molecule has 7 heteroatoms. The van der Waals surface area contributed by atoms with Crippen molar-refractivity contribution < 1.29 is 14.2 Å². The van der Waals surface area contributed by atoms with E-state index in [1.807, 2.05) is 13.1 Å². The molecule has 1 aliphatic carbocycles. The first-order valence-corrected chi connectivity index (χ1v) is 10.1. The molecule has 1 aromatic rings. The number of rotatable bonds is 5. The van der Waals surface area contributed by atoms with Gasteiger partial charge in [-0.1, -0.05) is 13.8 Å². The number of aliphatic imine (C=N–C) groups is 1. The minimum Gasteiger partial charge on any atom is -0.493 e. The monoisotopic (exact) mass is 517 g/mol. The van der Waals surface area contributed by atoms with Crippen LogP contribution in [-0.2, 0) is 11.3 Å². The molecule has 1 saturated heterocycles. The molecule has 6 nitrogen and oxygen atoms in total. The van der Waals surface area contributed by atoms with E-state index in [1.165, 1.54) is 17.5 Å². The van der Waals surface area contributed by atoms with Crippen molar-refractivity contribution in [3.05, 3.63) is 23.3 Å². The van der Waals surface area contributed by atoms with E-state index in [1.54, 1.807) is 14.2 Å². The number of ether oxygens (including phenoxy) is 3. The van der Waals surface area contributed by atoms with Gasteiger partial charge in [0.2, 0.25) is 0 Å². The molecule has 29 heavy (non-hydrogen) atoms. The van der Waals surface area contributed by atoms with Crippen molar-refractivity contribution in [3.63, 3.8) is 0 Å². The zero-order valence-corrected chi connectivity index (χ0v) is 21.1. The summed E-state index contributed by atoms with van der Waals surface area (Å²) in [7, 11) is 7.26. The lowest BCUT2D eigenvalue weighted by molar-refractivity contribution is -0.188. The highest BCUT2D eigenvalue weighted by molar-refractivity contribution is 14.0. The van der Waals surface area contributed by atoms with Gasteiger partial charge in [0.05, 0.1) is 20.3 Å². The van der Waals surface area contributed by atoms with Gasteiger partial charge >= 0.3 is 0 Å². The molecule has 1 aromatic carbocycles. The van der Waals surface area contributed by atoms with Crippen molar-refractivity contribution in [2.24, 2.45) is 16.3 Å². The lowest BCUT2D eigenvalue weighted by Crippen LogP contribution is -2.71. The standard InChI is InChI=1S/C22H35N3O3.HI/c1-14-11-17(26-6)18(27-7)12-15(14)13-25(5)21(23-4)24-19-16-9-8-10-28-20(16)22(19,2)3;/h11-12,16,19-20H,8-10,13H2,1-7H3,(H,23,24);1H. The van der Waals surface area contributed by atoms with E-state index in [0.717, 1.165) is 37.0 Å². The summed E-state index contributed by atoms with van der Waals surface area (Å²) in [5.41, 5.74) is 2.47. The van der Waals surface area contributed by atoms with Gasteiger partial charge in [-0.15, -0.1) is 24.0 Å². The van der Waals surface area contributed by atoms with Gasteiger partial charge in [0.1, 0.15) is 0 Å². The minimum absolute atomic E-state index is 0. The Morgan fingerprint density at radius 3 is 2.55 bits per heavy atom. The van der Waals surface area contributed by atoms with Crippen molar-refractivity contribution in [2.45, 2.75) is 52.3 Å². The van der Waals surface area contributed by atoms with E-state index >= 15 is 0 Å². The molecular weight excluding hydrogens is 481 g/mol. The van der Waals surface area contributed by atoms with E-state index in [-0.39, 0.29) is 29.4 Å². The number of hydrogen-bond acceptors (Lipinski definition) is 4. The van der Waals surface area contributed by atoms with Crippen LogP contribution in [0.2, 0.25) is 0 Å². The Balaban J connectivity index is 0.00000300. The summed E-state index contributed by atoms with van der Waals surface area (Å²) in [5, 5.41) is 3.72. The Kier molecular flexibility index (Phi) is 8.07. The minimum atomic E-state index is 0. The molecule has 1 aliphatic heterocycles. The van der Waals surface area contributed by atoms with E-state index in [9.17, 15) is 0 Å². The fourth-order valence-electron chi connectivity index (χ4n) is 4.82. The van der Waals surface area contributed by atoms with E-state index in [0.29, 0.717) is 18.1 Å². The van der Waals surface area contributed by atoms with Crippen LogP contribution in [0.25, 0.3) is 0 Å². The average Bonchev–Trinajstić information content (AvgIpc) is 2.69. The molecule has 1 N–H and O–H groups in total. The summed E-state index contributed by atoms with van der Waals surface area (Å²) >= 11 is 0. The van der Waals surface area contributed by atoms with Crippen LogP contribution >= 0.6 is 24.0 Å². The van der Waals surface area contributed by atoms with Crippen molar-refractivity contribution >= 4 is 29.9 Å². The number of benzene rings is 1. The van der Waals surface area contributed by atoms with E-state index in [2.05, 4.69) is 49.1 Å². The van der Waals surface area contributed by atoms with Crippen molar-refractivity contribution in [1.82, 2.24) is 10.2 Å². The van der Waals surface area contributed by atoms with Gasteiger partial charge in [0.25, 0.3) is 0 Å². The second-order valence-electron chi connectivity index (χ2n) is 8.58. The van der Waals surface area contributed by atoms with Gasteiger partial charge in [0.15, 0.2) is 17.5 Å². The van der Waals surface area contributed by atoms with Crippen LogP contribution in [0.3, 0.4) is 0 Å². The highest BCUT2D eigenvalue weighted by Crippen LogP contribution is 2.51. The molecule has 0 radical (unpaired) electrons. The third-order valence-corrected chi connectivity index (χ3v) is 6.44. The molecule has 164 valence electrons. The first-order valence-electron chi connectivity index (χ1n) is 10.1. The molecule has 3 unspecified atom stereocenters. The summed E-state index contributed by atoms with van der Waals surface area (Å²) in [4.78, 5) is 6.72. The van der Waals surface area contributed by atoms with Crippen LogP contribution < -0.4 is 14.8 Å².